The van der Waals surface area contributed by atoms with Gasteiger partial charge in [-0.05, 0) is 40.5 Å². The number of oxazole rings is 1. The molecule has 0 atom stereocenters. The second-order valence-corrected chi connectivity index (χ2v) is 5.97. The molecule has 0 fully saturated rings. The third-order valence-corrected chi connectivity index (χ3v) is 4.22. The Morgan fingerprint density at radius 2 is 1.75 bits per heavy atom. The van der Waals surface area contributed by atoms with Gasteiger partial charge < -0.3 is 9.21 Å². The van der Waals surface area contributed by atoms with Gasteiger partial charge in [0.05, 0.1) is 0 Å². The minimum Gasteiger partial charge on any atom is -0.440 e. The van der Waals surface area contributed by atoms with Crippen LogP contribution < -0.4 is 0 Å². The molecule has 0 aliphatic heterocycles. The quantitative estimate of drug-likeness (QED) is 0.501. The highest BCUT2D eigenvalue weighted by Gasteiger charge is 2.08. The molecule has 0 saturated heterocycles. The van der Waals surface area contributed by atoms with Crippen molar-refractivity contribution in [3.63, 3.8) is 0 Å². The first-order chi connectivity index (χ1) is 11.8. The summed E-state index contributed by atoms with van der Waals surface area (Å²) in [6.07, 6.45) is 2.89. The Bertz CT molecular complexity index is 1020. The molecule has 0 spiro atoms. The molecular weight excluding hydrogens is 298 g/mol. The number of aldehydes is 1. The third-order valence-electron chi connectivity index (χ3n) is 4.22. The van der Waals surface area contributed by atoms with Crippen molar-refractivity contribution in [1.82, 2.24) is 4.98 Å². The van der Waals surface area contributed by atoms with Crippen LogP contribution in [0.1, 0.15) is 23.4 Å². The number of aryl methyl sites for hydroxylation is 1. The van der Waals surface area contributed by atoms with E-state index in [1.807, 2.05) is 30.3 Å². The van der Waals surface area contributed by atoms with Crippen LogP contribution in [0, 0.1) is 0 Å². The highest BCUT2D eigenvalue weighted by molar-refractivity contribution is 5.83. The molecule has 4 aromatic rings. The topological polar surface area (TPSA) is 43.1 Å². The fourth-order valence-corrected chi connectivity index (χ4v) is 3.00. The minimum absolute atomic E-state index is 0.535. The van der Waals surface area contributed by atoms with Crippen LogP contribution >= 0.6 is 0 Å². The second-order valence-electron chi connectivity index (χ2n) is 5.97. The van der Waals surface area contributed by atoms with Gasteiger partial charge in [-0.3, -0.25) is 0 Å². The summed E-state index contributed by atoms with van der Waals surface area (Å²) in [5, 5.41) is 2.46. The molecule has 3 heteroatoms. The van der Waals surface area contributed by atoms with Crippen LogP contribution in [-0.2, 0) is 17.6 Å². The molecule has 0 N–H and O–H groups in total. The highest BCUT2D eigenvalue weighted by atomic mass is 16.3. The zero-order valence-electron chi connectivity index (χ0n) is 13.2. The molecule has 1 aromatic heterocycles. The van der Waals surface area contributed by atoms with Crippen molar-refractivity contribution in [3.8, 4) is 0 Å². The predicted molar refractivity (Wildman–Crippen MR) is 95.1 cm³/mol. The molecule has 0 amide bonds. The normalized spacial score (nSPS) is 11.2. The van der Waals surface area contributed by atoms with Crippen LogP contribution in [0.2, 0.25) is 0 Å². The van der Waals surface area contributed by atoms with Crippen molar-refractivity contribution in [1.29, 1.82) is 0 Å². The number of hydrogen-bond acceptors (Lipinski definition) is 3. The summed E-state index contributed by atoms with van der Waals surface area (Å²) in [5.74, 6) is 0.716. The van der Waals surface area contributed by atoms with Gasteiger partial charge in [0.1, 0.15) is 11.8 Å². The number of benzene rings is 3. The maximum absolute atomic E-state index is 10.5. The van der Waals surface area contributed by atoms with E-state index in [2.05, 4.69) is 35.3 Å². The lowest BCUT2D eigenvalue weighted by molar-refractivity contribution is -0.107. The lowest BCUT2D eigenvalue weighted by atomic mass is 10.1. The fourth-order valence-electron chi connectivity index (χ4n) is 3.00. The van der Waals surface area contributed by atoms with Crippen molar-refractivity contribution in [2.24, 2.45) is 0 Å². The number of carbonyl (C=O) groups is 1. The summed E-state index contributed by atoms with van der Waals surface area (Å²) < 4.78 is 5.86. The van der Waals surface area contributed by atoms with Gasteiger partial charge >= 0.3 is 0 Å². The summed E-state index contributed by atoms with van der Waals surface area (Å²) in [7, 11) is 0. The zero-order valence-corrected chi connectivity index (χ0v) is 13.2. The van der Waals surface area contributed by atoms with Gasteiger partial charge in [-0.1, -0.05) is 48.5 Å². The highest BCUT2D eigenvalue weighted by Crippen LogP contribution is 2.22. The van der Waals surface area contributed by atoms with Gasteiger partial charge in [0, 0.05) is 12.8 Å². The van der Waals surface area contributed by atoms with Crippen LogP contribution in [0.4, 0.5) is 0 Å². The molecule has 4 rings (SSSR count). The van der Waals surface area contributed by atoms with Gasteiger partial charge in [-0.2, -0.15) is 0 Å². The van der Waals surface area contributed by atoms with Gasteiger partial charge in [-0.15, -0.1) is 0 Å². The van der Waals surface area contributed by atoms with E-state index in [0.29, 0.717) is 18.7 Å². The molecule has 0 bridgehead atoms. The summed E-state index contributed by atoms with van der Waals surface area (Å²) in [6.45, 7) is 0. The maximum atomic E-state index is 10.5. The van der Waals surface area contributed by atoms with Gasteiger partial charge in [0.15, 0.2) is 11.5 Å². The largest absolute Gasteiger partial charge is 0.440 e. The van der Waals surface area contributed by atoms with Crippen LogP contribution in [0.3, 0.4) is 0 Å². The van der Waals surface area contributed by atoms with Crippen molar-refractivity contribution < 1.29 is 9.21 Å². The van der Waals surface area contributed by atoms with Crippen LogP contribution in [0.25, 0.3) is 21.9 Å². The number of hydrogen-bond donors (Lipinski definition) is 0. The van der Waals surface area contributed by atoms with Crippen LogP contribution in [0.5, 0.6) is 0 Å². The molecule has 0 unspecified atom stereocenters. The molecular formula is C21H17NO2. The molecule has 3 aromatic carbocycles. The fraction of sp³-hybridized carbons (Fsp3) is 0.143. The molecule has 0 saturated carbocycles. The van der Waals surface area contributed by atoms with E-state index in [4.69, 9.17) is 4.42 Å². The van der Waals surface area contributed by atoms with E-state index in [9.17, 15) is 4.79 Å². The van der Waals surface area contributed by atoms with Gasteiger partial charge in [0.2, 0.25) is 0 Å². The summed E-state index contributed by atoms with van der Waals surface area (Å²) in [6, 6.07) is 20.7. The van der Waals surface area contributed by atoms with E-state index in [0.717, 1.165) is 29.4 Å². The molecule has 3 nitrogen and oxygen atoms in total. The predicted octanol–water partition coefficient (Wildman–Crippen LogP) is 4.70. The Morgan fingerprint density at radius 1 is 0.917 bits per heavy atom. The van der Waals surface area contributed by atoms with E-state index in [1.54, 1.807) is 0 Å². The Morgan fingerprint density at radius 3 is 2.62 bits per heavy atom. The minimum atomic E-state index is 0.535. The molecule has 118 valence electrons. The van der Waals surface area contributed by atoms with Crippen LogP contribution in [-0.4, -0.2) is 11.3 Å². The average molecular weight is 315 g/mol. The molecule has 1 heterocycles. The zero-order chi connectivity index (χ0) is 16.4. The standard InChI is InChI=1S/C21H17NO2/c23-11-3-4-15-8-10-20-19(13-15)22-21(24-20)14-16-7-9-17-5-1-2-6-18(17)12-16/h1-2,5-13H,3-4,14H2. The number of fused-ring (bicyclic) bond motifs is 2. The van der Waals surface area contributed by atoms with Crippen molar-refractivity contribution >= 4 is 28.2 Å². The average Bonchev–Trinajstić information content (AvgIpc) is 3.01. The lowest BCUT2D eigenvalue weighted by Gasteiger charge is -2.01. The van der Waals surface area contributed by atoms with Gasteiger partial charge in [0.25, 0.3) is 0 Å². The van der Waals surface area contributed by atoms with E-state index >= 15 is 0 Å². The van der Waals surface area contributed by atoms with E-state index < -0.39 is 0 Å². The smallest absolute Gasteiger partial charge is 0.199 e. The summed E-state index contributed by atoms with van der Waals surface area (Å²) in [4.78, 5) is 15.1. The third kappa shape index (κ3) is 2.93. The number of nitrogens with zero attached hydrogens (tertiary/aromatic N) is 1. The summed E-state index contributed by atoms with van der Waals surface area (Å²) in [5.41, 5.74) is 3.94. The number of carbonyl (C=O) groups excluding carboxylic acids is 1. The molecule has 0 radical (unpaired) electrons. The van der Waals surface area contributed by atoms with Crippen molar-refractivity contribution in [2.45, 2.75) is 19.3 Å². The molecule has 0 aliphatic rings. The van der Waals surface area contributed by atoms with Crippen LogP contribution in [0.15, 0.2) is 65.1 Å². The Balaban J connectivity index is 1.61. The maximum Gasteiger partial charge on any atom is 0.199 e. The summed E-state index contributed by atoms with van der Waals surface area (Å²) >= 11 is 0. The molecule has 0 aliphatic carbocycles. The first kappa shape index (κ1) is 14.6. The number of rotatable bonds is 5. The second kappa shape index (κ2) is 6.28. The first-order valence-corrected chi connectivity index (χ1v) is 8.11. The Kier molecular flexibility index (Phi) is 3.83. The SMILES string of the molecule is O=CCCc1ccc2oc(Cc3ccc4ccccc4c3)nc2c1. The molecule has 24 heavy (non-hydrogen) atoms. The number of aromatic nitrogens is 1. The van der Waals surface area contributed by atoms with E-state index in [-0.39, 0.29) is 0 Å². The van der Waals surface area contributed by atoms with Crippen molar-refractivity contribution in [2.75, 3.05) is 0 Å². The monoisotopic (exact) mass is 315 g/mol. The first-order valence-electron chi connectivity index (χ1n) is 8.11. The van der Waals surface area contributed by atoms with E-state index in [1.165, 1.54) is 16.3 Å². The van der Waals surface area contributed by atoms with Crippen molar-refractivity contribution in [3.05, 3.63) is 77.7 Å². The Hall–Kier alpha value is -2.94. The van der Waals surface area contributed by atoms with Gasteiger partial charge in [-0.25, -0.2) is 4.98 Å². The lowest BCUT2D eigenvalue weighted by Crippen LogP contribution is -1.88. The Labute approximate surface area is 139 Å².